The van der Waals surface area contributed by atoms with Gasteiger partial charge in [0.1, 0.15) is 17.7 Å². The molecular weight excluding hydrogens is 254 g/mol. The minimum Gasteiger partial charge on any atom is -0.480 e. The molecule has 1 aromatic carbocycles. The lowest BCUT2D eigenvalue weighted by atomic mass is 10.1. The number of halogens is 2. The quantitative estimate of drug-likeness (QED) is 0.863. The molecule has 1 fully saturated rings. The zero-order valence-electron chi connectivity index (χ0n) is 10.6. The molecule has 19 heavy (non-hydrogen) atoms. The van der Waals surface area contributed by atoms with Crippen LogP contribution in [0.4, 0.5) is 8.78 Å². The third-order valence-corrected chi connectivity index (χ3v) is 3.46. The number of aliphatic carboxylic acids is 1. The van der Waals surface area contributed by atoms with Crippen molar-refractivity contribution in [2.75, 3.05) is 13.6 Å². The Morgan fingerprint density at radius 2 is 2.26 bits per heavy atom. The molecule has 1 aliphatic rings. The van der Waals surface area contributed by atoms with Gasteiger partial charge < -0.3 is 10.4 Å². The van der Waals surface area contributed by atoms with Crippen molar-refractivity contribution in [1.82, 2.24) is 10.2 Å². The lowest BCUT2D eigenvalue weighted by molar-refractivity contribution is -0.139. The van der Waals surface area contributed by atoms with Crippen LogP contribution in [0.2, 0.25) is 0 Å². The summed E-state index contributed by atoms with van der Waals surface area (Å²) in [5.74, 6) is -2.05. The molecule has 1 heterocycles. The zero-order chi connectivity index (χ0) is 14.0. The minimum atomic E-state index is -0.871. The summed E-state index contributed by atoms with van der Waals surface area (Å²) in [6, 6.07) is 2.98. The lowest BCUT2D eigenvalue weighted by Gasteiger charge is -2.23. The van der Waals surface area contributed by atoms with Gasteiger partial charge >= 0.3 is 5.97 Å². The maximum absolute atomic E-state index is 13.5. The molecule has 6 heteroatoms. The average molecular weight is 270 g/mol. The molecule has 0 aliphatic carbocycles. The number of nitrogens with zero attached hydrogens (tertiary/aromatic N) is 1. The molecule has 0 bridgehead atoms. The first-order valence-corrected chi connectivity index (χ1v) is 6.07. The minimum absolute atomic E-state index is 0.0329. The number of likely N-dealkylation sites (N-methyl/N-ethyl adjacent to an activating group) is 1. The predicted octanol–water partition coefficient (Wildman–Crippen LogP) is 1.21. The molecule has 1 saturated heterocycles. The summed E-state index contributed by atoms with van der Waals surface area (Å²) in [5, 5.41) is 11.8. The van der Waals surface area contributed by atoms with Gasteiger partial charge in [-0.25, -0.2) is 8.78 Å². The van der Waals surface area contributed by atoms with E-state index in [1.54, 1.807) is 7.05 Å². The van der Waals surface area contributed by atoms with Crippen molar-refractivity contribution in [3.8, 4) is 0 Å². The van der Waals surface area contributed by atoms with Gasteiger partial charge in [-0.05, 0) is 19.5 Å². The first-order chi connectivity index (χ1) is 8.97. The Morgan fingerprint density at radius 1 is 1.53 bits per heavy atom. The van der Waals surface area contributed by atoms with E-state index in [1.165, 1.54) is 12.1 Å². The number of carbonyl (C=O) groups is 1. The van der Waals surface area contributed by atoms with Crippen LogP contribution in [0.1, 0.15) is 12.0 Å². The topological polar surface area (TPSA) is 52.6 Å². The average Bonchev–Trinajstić information content (AvgIpc) is 2.82. The molecule has 2 N–H and O–H groups in total. The third kappa shape index (κ3) is 3.27. The Bertz CT molecular complexity index is 482. The highest BCUT2D eigenvalue weighted by Gasteiger charge is 2.31. The number of rotatable bonds is 4. The number of hydrogen-bond donors (Lipinski definition) is 2. The van der Waals surface area contributed by atoms with Gasteiger partial charge in [0.25, 0.3) is 0 Å². The first-order valence-electron chi connectivity index (χ1n) is 6.07. The van der Waals surface area contributed by atoms with E-state index in [9.17, 15) is 13.6 Å². The molecule has 1 aromatic rings. The van der Waals surface area contributed by atoms with Gasteiger partial charge in [-0.1, -0.05) is 6.07 Å². The molecule has 2 atom stereocenters. The fourth-order valence-corrected chi connectivity index (χ4v) is 2.29. The van der Waals surface area contributed by atoms with Crippen LogP contribution in [0, 0.1) is 11.6 Å². The summed E-state index contributed by atoms with van der Waals surface area (Å²) in [7, 11) is 1.80. The summed E-state index contributed by atoms with van der Waals surface area (Å²) in [6.07, 6.45) is 0.481. The van der Waals surface area contributed by atoms with Crippen molar-refractivity contribution in [3.63, 3.8) is 0 Å². The zero-order valence-corrected chi connectivity index (χ0v) is 10.6. The SMILES string of the molecule is CN(Cc1ccc(F)cc1F)[C@@H]1CN[C@H](C(=O)O)C1. The summed E-state index contributed by atoms with van der Waals surface area (Å²) in [5.41, 5.74) is 0.405. The molecule has 104 valence electrons. The van der Waals surface area contributed by atoms with Crippen molar-refractivity contribution in [2.45, 2.75) is 25.0 Å². The van der Waals surface area contributed by atoms with Crippen LogP contribution >= 0.6 is 0 Å². The fourth-order valence-electron chi connectivity index (χ4n) is 2.29. The van der Waals surface area contributed by atoms with Crippen LogP contribution in [0.3, 0.4) is 0 Å². The van der Waals surface area contributed by atoms with Crippen molar-refractivity contribution in [2.24, 2.45) is 0 Å². The summed E-state index contributed by atoms with van der Waals surface area (Å²) < 4.78 is 26.3. The molecular formula is C13H16F2N2O2. The third-order valence-electron chi connectivity index (χ3n) is 3.46. The van der Waals surface area contributed by atoms with Crippen molar-refractivity contribution >= 4 is 5.97 Å². The fraction of sp³-hybridized carbons (Fsp3) is 0.462. The number of carboxylic acids is 1. The van der Waals surface area contributed by atoms with Gasteiger partial charge in [0.15, 0.2) is 0 Å². The molecule has 0 unspecified atom stereocenters. The summed E-state index contributed by atoms with van der Waals surface area (Å²) >= 11 is 0. The van der Waals surface area contributed by atoms with E-state index in [-0.39, 0.29) is 6.04 Å². The lowest BCUT2D eigenvalue weighted by Crippen LogP contribution is -2.33. The van der Waals surface area contributed by atoms with Crippen molar-refractivity contribution in [3.05, 3.63) is 35.4 Å². The van der Waals surface area contributed by atoms with E-state index in [4.69, 9.17) is 5.11 Å². The van der Waals surface area contributed by atoms with E-state index in [0.29, 0.717) is 25.1 Å². The smallest absolute Gasteiger partial charge is 0.320 e. The van der Waals surface area contributed by atoms with Crippen LogP contribution in [0.5, 0.6) is 0 Å². The van der Waals surface area contributed by atoms with Crippen LogP contribution in [-0.2, 0) is 11.3 Å². The number of nitrogens with one attached hydrogen (secondary N) is 1. The first kappa shape index (κ1) is 13.9. The number of carboxylic acid groups (broad SMARTS) is 1. The van der Waals surface area contributed by atoms with E-state index in [1.807, 2.05) is 4.90 Å². The van der Waals surface area contributed by atoms with Crippen LogP contribution in [0.25, 0.3) is 0 Å². The predicted molar refractivity (Wildman–Crippen MR) is 65.7 cm³/mol. The standard InChI is InChI=1S/C13H16F2N2O2/c1-17(10-5-12(13(18)19)16-6-10)7-8-2-3-9(14)4-11(8)15/h2-4,10,12,16H,5-7H2,1H3,(H,18,19)/t10-,12-/m0/s1. The molecule has 0 spiro atoms. The molecule has 0 amide bonds. The molecule has 0 radical (unpaired) electrons. The van der Waals surface area contributed by atoms with Crippen LogP contribution < -0.4 is 5.32 Å². The Labute approximate surface area is 110 Å². The molecule has 2 rings (SSSR count). The van der Waals surface area contributed by atoms with Gasteiger partial charge in [-0.3, -0.25) is 9.69 Å². The highest BCUT2D eigenvalue weighted by molar-refractivity contribution is 5.73. The van der Waals surface area contributed by atoms with Crippen LogP contribution in [0.15, 0.2) is 18.2 Å². The van der Waals surface area contributed by atoms with Gasteiger partial charge in [-0.15, -0.1) is 0 Å². The van der Waals surface area contributed by atoms with Crippen molar-refractivity contribution in [1.29, 1.82) is 0 Å². The second-order valence-corrected chi connectivity index (χ2v) is 4.84. The van der Waals surface area contributed by atoms with Gasteiger partial charge in [0.2, 0.25) is 0 Å². The Balaban J connectivity index is 1.98. The highest BCUT2D eigenvalue weighted by Crippen LogP contribution is 2.17. The van der Waals surface area contributed by atoms with E-state index < -0.39 is 23.6 Å². The molecule has 0 aromatic heterocycles. The van der Waals surface area contributed by atoms with E-state index in [0.717, 1.165) is 6.07 Å². The van der Waals surface area contributed by atoms with Gasteiger partial charge in [0, 0.05) is 30.8 Å². The molecule has 4 nitrogen and oxygen atoms in total. The second-order valence-electron chi connectivity index (χ2n) is 4.84. The largest absolute Gasteiger partial charge is 0.480 e. The number of hydrogen-bond acceptors (Lipinski definition) is 3. The monoisotopic (exact) mass is 270 g/mol. The number of benzene rings is 1. The Hall–Kier alpha value is -1.53. The molecule has 1 aliphatic heterocycles. The maximum atomic E-state index is 13.5. The summed E-state index contributed by atoms with van der Waals surface area (Å²) in [4.78, 5) is 12.7. The maximum Gasteiger partial charge on any atom is 0.320 e. The van der Waals surface area contributed by atoms with Gasteiger partial charge in [-0.2, -0.15) is 0 Å². The van der Waals surface area contributed by atoms with E-state index in [2.05, 4.69) is 5.32 Å². The Kier molecular flexibility index (Phi) is 4.11. The Morgan fingerprint density at radius 3 is 2.84 bits per heavy atom. The van der Waals surface area contributed by atoms with Crippen molar-refractivity contribution < 1.29 is 18.7 Å². The highest BCUT2D eigenvalue weighted by atomic mass is 19.1. The van der Waals surface area contributed by atoms with E-state index >= 15 is 0 Å². The second kappa shape index (κ2) is 5.63. The van der Waals surface area contributed by atoms with Crippen LogP contribution in [-0.4, -0.2) is 41.7 Å². The van der Waals surface area contributed by atoms with Gasteiger partial charge in [0.05, 0.1) is 0 Å². The normalized spacial score (nSPS) is 22.9. The molecule has 0 saturated carbocycles. The summed E-state index contributed by atoms with van der Waals surface area (Å²) in [6.45, 7) is 0.876.